The fourth-order valence-electron chi connectivity index (χ4n) is 3.42. The fraction of sp³-hybridized carbons (Fsp3) is 0.200. The van der Waals surface area contributed by atoms with Crippen molar-refractivity contribution in [1.82, 2.24) is 19.9 Å². The predicted molar refractivity (Wildman–Crippen MR) is 104 cm³/mol. The average Bonchev–Trinajstić information content (AvgIpc) is 3.28. The maximum Gasteiger partial charge on any atom is 0.164 e. The zero-order chi connectivity index (χ0) is 17.3. The number of thiophene rings is 1. The topological polar surface area (TPSA) is 63.6 Å². The molecule has 4 heterocycles. The number of hydrogen-bond acceptors (Lipinski definition) is 6. The minimum absolute atomic E-state index is 0.643. The van der Waals surface area contributed by atoms with Crippen molar-refractivity contribution in [1.29, 1.82) is 0 Å². The molecule has 0 aliphatic heterocycles. The first-order valence-corrected chi connectivity index (χ1v) is 9.56. The second kappa shape index (κ2) is 6.46. The largest absolute Gasteiger partial charge is 0.364 e. The molecular weight excluding hydrogens is 342 g/mol. The monoisotopic (exact) mass is 359 g/mol. The van der Waals surface area contributed by atoms with E-state index in [0.29, 0.717) is 12.4 Å². The lowest BCUT2D eigenvalue weighted by Crippen LogP contribution is -2.05. The van der Waals surface area contributed by atoms with Gasteiger partial charge >= 0.3 is 0 Å². The molecule has 26 heavy (non-hydrogen) atoms. The summed E-state index contributed by atoms with van der Waals surface area (Å²) in [6, 6.07) is 9.86. The molecule has 0 aromatic carbocycles. The zero-order valence-electron chi connectivity index (χ0n) is 14.1. The average molecular weight is 359 g/mol. The Balaban J connectivity index is 1.61. The number of aromatic nitrogens is 4. The van der Waals surface area contributed by atoms with Gasteiger partial charge in [0.15, 0.2) is 5.82 Å². The van der Waals surface area contributed by atoms with Crippen LogP contribution in [0.4, 0.5) is 5.82 Å². The van der Waals surface area contributed by atoms with Crippen LogP contribution in [0.2, 0.25) is 0 Å². The quantitative estimate of drug-likeness (QED) is 0.590. The molecule has 0 radical (unpaired) electrons. The van der Waals surface area contributed by atoms with Gasteiger partial charge in [0.05, 0.1) is 17.6 Å². The third-order valence-electron chi connectivity index (χ3n) is 4.65. The number of rotatable bonds is 4. The molecule has 5 rings (SSSR count). The van der Waals surface area contributed by atoms with Crippen molar-refractivity contribution in [3.63, 3.8) is 0 Å². The van der Waals surface area contributed by atoms with Crippen LogP contribution >= 0.6 is 11.3 Å². The normalized spacial score (nSPS) is 13.1. The Morgan fingerprint density at radius 3 is 2.88 bits per heavy atom. The van der Waals surface area contributed by atoms with Crippen molar-refractivity contribution in [3.8, 4) is 11.4 Å². The Bertz CT molecular complexity index is 1060. The van der Waals surface area contributed by atoms with E-state index in [9.17, 15) is 0 Å². The number of hydrogen-bond donors (Lipinski definition) is 1. The van der Waals surface area contributed by atoms with Crippen LogP contribution < -0.4 is 5.32 Å². The van der Waals surface area contributed by atoms with E-state index in [1.807, 2.05) is 42.7 Å². The first-order chi connectivity index (χ1) is 12.9. The number of fused-ring (bicyclic) bond motifs is 3. The summed E-state index contributed by atoms with van der Waals surface area (Å²) in [6.07, 6.45) is 8.88. The lowest BCUT2D eigenvalue weighted by Gasteiger charge is -2.10. The van der Waals surface area contributed by atoms with Gasteiger partial charge in [-0.25, -0.2) is 9.97 Å². The summed E-state index contributed by atoms with van der Waals surface area (Å²) in [4.78, 5) is 20.8. The van der Waals surface area contributed by atoms with Crippen LogP contribution in [0, 0.1) is 0 Å². The number of pyridine rings is 2. The van der Waals surface area contributed by atoms with Crippen molar-refractivity contribution in [2.45, 2.75) is 25.8 Å². The van der Waals surface area contributed by atoms with Gasteiger partial charge in [-0.05, 0) is 49.1 Å². The third-order valence-corrected chi connectivity index (χ3v) is 5.83. The molecule has 128 valence electrons. The van der Waals surface area contributed by atoms with Crippen molar-refractivity contribution in [3.05, 3.63) is 65.1 Å². The Morgan fingerprint density at radius 1 is 1.04 bits per heavy atom. The van der Waals surface area contributed by atoms with Crippen LogP contribution in [0.1, 0.15) is 22.6 Å². The Morgan fingerprint density at radius 2 is 2.04 bits per heavy atom. The summed E-state index contributed by atoms with van der Waals surface area (Å²) in [6.45, 7) is 0.643. The van der Waals surface area contributed by atoms with E-state index in [2.05, 4.69) is 15.3 Å². The number of nitrogens with one attached hydrogen (secondary N) is 1. The minimum Gasteiger partial charge on any atom is -0.364 e. The summed E-state index contributed by atoms with van der Waals surface area (Å²) in [7, 11) is 0. The number of aryl methyl sites for hydroxylation is 2. The van der Waals surface area contributed by atoms with Crippen molar-refractivity contribution in [2.75, 3.05) is 5.32 Å². The highest BCUT2D eigenvalue weighted by molar-refractivity contribution is 7.19. The second-order valence-corrected chi connectivity index (χ2v) is 7.43. The second-order valence-electron chi connectivity index (χ2n) is 6.35. The van der Waals surface area contributed by atoms with E-state index >= 15 is 0 Å². The molecule has 0 bridgehead atoms. The summed E-state index contributed by atoms with van der Waals surface area (Å²) >= 11 is 1.80. The molecule has 0 fully saturated rings. The molecule has 0 amide bonds. The van der Waals surface area contributed by atoms with Crippen LogP contribution in [0.15, 0.2) is 48.9 Å². The van der Waals surface area contributed by atoms with Gasteiger partial charge in [-0.1, -0.05) is 6.07 Å². The van der Waals surface area contributed by atoms with E-state index in [1.54, 1.807) is 17.5 Å². The molecule has 0 unspecified atom stereocenters. The molecule has 1 N–H and O–H groups in total. The molecule has 0 atom stereocenters. The van der Waals surface area contributed by atoms with Crippen LogP contribution in [-0.2, 0) is 19.4 Å². The molecular formula is C20H17N5S. The third kappa shape index (κ3) is 2.72. The van der Waals surface area contributed by atoms with Gasteiger partial charge in [0.25, 0.3) is 0 Å². The Hall–Kier alpha value is -2.86. The highest BCUT2D eigenvalue weighted by Gasteiger charge is 2.22. The van der Waals surface area contributed by atoms with Crippen LogP contribution in [0.3, 0.4) is 0 Å². The molecule has 1 aliphatic rings. The van der Waals surface area contributed by atoms with Crippen molar-refractivity contribution >= 4 is 27.4 Å². The Kier molecular flexibility index (Phi) is 3.83. The summed E-state index contributed by atoms with van der Waals surface area (Å²) in [5, 5.41) is 4.69. The fourth-order valence-corrected chi connectivity index (χ4v) is 4.69. The number of nitrogens with zero attached hydrogens (tertiary/aromatic N) is 4. The summed E-state index contributed by atoms with van der Waals surface area (Å²) in [5.74, 6) is 1.62. The highest BCUT2D eigenvalue weighted by Crippen LogP contribution is 2.40. The standard InChI is InChI=1S/C20H17N5S/c1-2-10-22-14(6-1)12-23-19-17-15-7-3-8-16(15)26-20(17)25-18(24-19)13-5-4-9-21-11-13/h1-2,4-6,9-11H,3,7-8,12H2,(H,23,24,25). The van der Waals surface area contributed by atoms with Gasteiger partial charge in [-0.2, -0.15) is 0 Å². The minimum atomic E-state index is 0.643. The van der Waals surface area contributed by atoms with Gasteiger partial charge in [0, 0.05) is 29.0 Å². The number of anilines is 1. The predicted octanol–water partition coefficient (Wildman–Crippen LogP) is 4.25. The lowest BCUT2D eigenvalue weighted by molar-refractivity contribution is 0.917. The van der Waals surface area contributed by atoms with Crippen molar-refractivity contribution in [2.24, 2.45) is 0 Å². The van der Waals surface area contributed by atoms with E-state index in [-0.39, 0.29) is 0 Å². The van der Waals surface area contributed by atoms with E-state index in [0.717, 1.165) is 34.7 Å². The smallest absolute Gasteiger partial charge is 0.164 e. The van der Waals surface area contributed by atoms with E-state index < -0.39 is 0 Å². The Labute approximate surface area is 155 Å². The van der Waals surface area contributed by atoms with Gasteiger partial charge in [-0.3, -0.25) is 9.97 Å². The molecule has 0 saturated heterocycles. The first-order valence-electron chi connectivity index (χ1n) is 8.75. The van der Waals surface area contributed by atoms with E-state index in [4.69, 9.17) is 9.97 Å². The van der Waals surface area contributed by atoms with Gasteiger partial charge in [0.1, 0.15) is 10.6 Å². The lowest BCUT2D eigenvalue weighted by atomic mass is 10.1. The molecule has 6 heteroatoms. The molecule has 4 aromatic rings. The molecule has 0 spiro atoms. The molecule has 5 nitrogen and oxygen atoms in total. The first kappa shape index (κ1) is 15.4. The SMILES string of the molecule is c1ccc(CNc2nc(-c3cccnc3)nc3sc4c(c23)CCC4)nc1. The van der Waals surface area contributed by atoms with Gasteiger partial charge in [-0.15, -0.1) is 11.3 Å². The van der Waals surface area contributed by atoms with Gasteiger partial charge in [0.2, 0.25) is 0 Å². The van der Waals surface area contributed by atoms with Crippen molar-refractivity contribution < 1.29 is 0 Å². The van der Waals surface area contributed by atoms with Crippen LogP contribution in [0.5, 0.6) is 0 Å². The maximum atomic E-state index is 4.85. The van der Waals surface area contributed by atoms with E-state index in [1.165, 1.54) is 22.2 Å². The summed E-state index contributed by atoms with van der Waals surface area (Å²) in [5.41, 5.74) is 3.35. The summed E-state index contributed by atoms with van der Waals surface area (Å²) < 4.78 is 0. The van der Waals surface area contributed by atoms with Crippen LogP contribution in [0.25, 0.3) is 21.6 Å². The maximum absolute atomic E-state index is 4.85. The van der Waals surface area contributed by atoms with Gasteiger partial charge < -0.3 is 5.32 Å². The molecule has 4 aromatic heterocycles. The zero-order valence-corrected chi connectivity index (χ0v) is 15.0. The highest BCUT2D eigenvalue weighted by atomic mass is 32.1. The molecule has 0 saturated carbocycles. The molecule has 1 aliphatic carbocycles. The van der Waals surface area contributed by atoms with Crippen LogP contribution in [-0.4, -0.2) is 19.9 Å².